The molecule has 0 bridgehead atoms. The van der Waals surface area contributed by atoms with Crippen molar-refractivity contribution in [3.8, 4) is 10.4 Å². The Bertz CT molecular complexity index is 690. The molecule has 0 aliphatic heterocycles. The number of carbonyl (C=O) groups excluding carboxylic acids is 1. The molecule has 0 radical (unpaired) electrons. The molecule has 1 fully saturated rings. The van der Waals surface area contributed by atoms with Crippen molar-refractivity contribution >= 4 is 28.9 Å². The van der Waals surface area contributed by atoms with Gasteiger partial charge in [-0.3, -0.25) is 4.79 Å². The first kappa shape index (κ1) is 16.5. The van der Waals surface area contributed by atoms with E-state index in [0.717, 1.165) is 21.3 Å². The third-order valence-corrected chi connectivity index (χ3v) is 5.74. The van der Waals surface area contributed by atoms with Crippen LogP contribution in [0.25, 0.3) is 10.4 Å². The fourth-order valence-electron chi connectivity index (χ4n) is 3.11. The Hall–Kier alpha value is -1.39. The number of esters is 1. The van der Waals surface area contributed by atoms with E-state index in [1.54, 1.807) is 11.3 Å². The molecule has 1 aliphatic carbocycles. The average Bonchev–Trinajstić information content (AvgIpc) is 3.16. The van der Waals surface area contributed by atoms with Gasteiger partial charge in [-0.2, -0.15) is 0 Å². The summed E-state index contributed by atoms with van der Waals surface area (Å²) in [6, 6.07) is 7.89. The van der Waals surface area contributed by atoms with Crippen LogP contribution >= 0.6 is 22.9 Å². The zero-order valence-electron chi connectivity index (χ0n) is 13.3. The van der Waals surface area contributed by atoms with Crippen molar-refractivity contribution < 1.29 is 9.53 Å². The predicted molar refractivity (Wildman–Crippen MR) is 94.0 cm³/mol. The molecule has 1 heterocycles. The summed E-state index contributed by atoms with van der Waals surface area (Å²) >= 11 is 7.63. The molecule has 23 heavy (non-hydrogen) atoms. The van der Waals surface area contributed by atoms with Gasteiger partial charge in [0, 0.05) is 17.9 Å². The number of thiazole rings is 1. The highest BCUT2D eigenvalue weighted by molar-refractivity contribution is 7.15. The molecular weight excluding hydrogens is 330 g/mol. The molecule has 0 saturated heterocycles. The van der Waals surface area contributed by atoms with Gasteiger partial charge in [-0.15, -0.1) is 11.3 Å². The molecular formula is C18H20ClNO2S. The second kappa shape index (κ2) is 7.02. The molecule has 122 valence electrons. The van der Waals surface area contributed by atoms with Gasteiger partial charge in [0.2, 0.25) is 0 Å². The molecule has 1 aromatic heterocycles. The summed E-state index contributed by atoms with van der Waals surface area (Å²) in [5.74, 6) is 0.235. The van der Waals surface area contributed by atoms with Crippen molar-refractivity contribution in [3.63, 3.8) is 0 Å². The summed E-state index contributed by atoms with van der Waals surface area (Å²) in [5, 5.41) is 1.60. The van der Waals surface area contributed by atoms with Crippen LogP contribution in [0.15, 0.2) is 24.3 Å². The van der Waals surface area contributed by atoms with E-state index in [4.69, 9.17) is 21.3 Å². The third-order valence-electron chi connectivity index (χ3n) is 4.21. The molecule has 3 rings (SSSR count). The molecule has 1 aromatic carbocycles. The summed E-state index contributed by atoms with van der Waals surface area (Å²) in [5.41, 5.74) is 2.29. The van der Waals surface area contributed by atoms with E-state index in [9.17, 15) is 4.79 Å². The normalized spacial score (nSPS) is 16.5. The molecule has 1 saturated carbocycles. The Balaban J connectivity index is 1.99. The lowest BCUT2D eigenvalue weighted by Crippen LogP contribution is -2.05. The maximum absolute atomic E-state index is 11.2. The number of aromatic nitrogens is 1. The quantitative estimate of drug-likeness (QED) is 0.660. The number of benzene rings is 1. The number of halogens is 1. The second-order valence-corrected chi connectivity index (χ2v) is 7.47. The van der Waals surface area contributed by atoms with Crippen molar-refractivity contribution in [1.29, 1.82) is 0 Å². The van der Waals surface area contributed by atoms with E-state index in [0.29, 0.717) is 5.92 Å². The topological polar surface area (TPSA) is 39.2 Å². The fourth-order valence-corrected chi connectivity index (χ4v) is 4.37. The van der Waals surface area contributed by atoms with E-state index in [1.165, 1.54) is 37.5 Å². The molecule has 1 aliphatic rings. The number of carbonyl (C=O) groups is 1. The van der Waals surface area contributed by atoms with Crippen molar-refractivity contribution in [2.75, 3.05) is 0 Å². The van der Waals surface area contributed by atoms with Crippen LogP contribution in [0.4, 0.5) is 0 Å². The van der Waals surface area contributed by atoms with E-state index in [2.05, 4.69) is 0 Å². The zero-order valence-corrected chi connectivity index (χ0v) is 14.9. The molecule has 0 amide bonds. The Morgan fingerprint density at radius 3 is 2.57 bits per heavy atom. The van der Waals surface area contributed by atoms with Crippen molar-refractivity contribution in [1.82, 2.24) is 4.98 Å². The van der Waals surface area contributed by atoms with Gasteiger partial charge in [-0.05, 0) is 37.5 Å². The van der Waals surface area contributed by atoms with Crippen LogP contribution in [0.5, 0.6) is 0 Å². The second-order valence-electron chi connectivity index (χ2n) is 6.01. The maximum atomic E-state index is 11.2. The summed E-state index contributed by atoms with van der Waals surface area (Å²) < 4.78 is 5.31. The zero-order chi connectivity index (χ0) is 16.4. The first-order valence-electron chi connectivity index (χ1n) is 7.98. The largest absolute Gasteiger partial charge is 0.455 e. The minimum Gasteiger partial charge on any atom is -0.455 e. The third kappa shape index (κ3) is 3.75. The van der Waals surface area contributed by atoms with Crippen LogP contribution in [0.2, 0.25) is 5.02 Å². The van der Waals surface area contributed by atoms with Gasteiger partial charge >= 0.3 is 5.97 Å². The number of rotatable bonds is 4. The molecule has 1 atom stereocenters. The van der Waals surface area contributed by atoms with Gasteiger partial charge in [-0.25, -0.2) is 4.98 Å². The van der Waals surface area contributed by atoms with Crippen LogP contribution in [-0.2, 0) is 9.53 Å². The Morgan fingerprint density at radius 2 is 1.96 bits per heavy atom. The maximum Gasteiger partial charge on any atom is 0.303 e. The van der Waals surface area contributed by atoms with E-state index < -0.39 is 0 Å². The lowest BCUT2D eigenvalue weighted by molar-refractivity contribution is -0.145. The van der Waals surface area contributed by atoms with Crippen molar-refractivity contribution in [2.45, 2.75) is 51.6 Å². The Labute approximate surface area is 145 Å². The molecule has 0 unspecified atom stereocenters. The van der Waals surface area contributed by atoms with Gasteiger partial charge in [0.15, 0.2) is 6.10 Å². The highest BCUT2D eigenvalue weighted by Crippen LogP contribution is 2.43. The van der Waals surface area contributed by atoms with Crippen molar-refractivity contribution in [3.05, 3.63) is 40.0 Å². The van der Waals surface area contributed by atoms with Crippen LogP contribution in [0.1, 0.15) is 62.3 Å². The lowest BCUT2D eigenvalue weighted by atomic mass is 10.0. The average molecular weight is 350 g/mol. The van der Waals surface area contributed by atoms with Crippen LogP contribution in [0.3, 0.4) is 0 Å². The number of ether oxygens (including phenoxy) is 1. The van der Waals surface area contributed by atoms with Crippen LogP contribution < -0.4 is 0 Å². The summed E-state index contributed by atoms with van der Waals surface area (Å²) in [6.45, 7) is 3.31. The smallest absolute Gasteiger partial charge is 0.303 e. The van der Waals surface area contributed by atoms with E-state index in [-0.39, 0.29) is 12.1 Å². The lowest BCUT2D eigenvalue weighted by Gasteiger charge is -2.09. The van der Waals surface area contributed by atoms with Gasteiger partial charge in [0.1, 0.15) is 5.01 Å². The van der Waals surface area contributed by atoms with Gasteiger partial charge in [0.25, 0.3) is 0 Å². The summed E-state index contributed by atoms with van der Waals surface area (Å²) in [7, 11) is 0. The summed E-state index contributed by atoms with van der Waals surface area (Å²) in [4.78, 5) is 17.3. The standard InChI is InChI=1S/C18H20ClNO2S/c1-11(22-12(2)21)18-20-16(13-5-3-4-6-13)17(23-18)14-7-9-15(19)10-8-14/h7-11,13H,3-6H2,1-2H3/t11-/m0/s1. The highest BCUT2D eigenvalue weighted by atomic mass is 35.5. The van der Waals surface area contributed by atoms with Gasteiger partial charge < -0.3 is 4.74 Å². The molecule has 5 heteroatoms. The van der Waals surface area contributed by atoms with E-state index >= 15 is 0 Å². The van der Waals surface area contributed by atoms with Crippen molar-refractivity contribution in [2.24, 2.45) is 0 Å². The van der Waals surface area contributed by atoms with Crippen LogP contribution in [0, 0.1) is 0 Å². The number of hydrogen-bond acceptors (Lipinski definition) is 4. The minimum atomic E-state index is -0.307. The van der Waals surface area contributed by atoms with Crippen LogP contribution in [-0.4, -0.2) is 11.0 Å². The SMILES string of the molecule is CC(=O)O[C@@H](C)c1nc(C2CCCC2)c(-c2ccc(Cl)cc2)s1. The first-order valence-corrected chi connectivity index (χ1v) is 9.18. The Morgan fingerprint density at radius 1 is 1.30 bits per heavy atom. The molecule has 3 nitrogen and oxygen atoms in total. The number of hydrogen-bond donors (Lipinski definition) is 0. The minimum absolute atomic E-state index is 0.275. The highest BCUT2D eigenvalue weighted by Gasteiger charge is 2.26. The monoisotopic (exact) mass is 349 g/mol. The first-order chi connectivity index (χ1) is 11.0. The number of nitrogens with zero attached hydrogens (tertiary/aromatic N) is 1. The van der Waals surface area contributed by atoms with Gasteiger partial charge in [0.05, 0.1) is 10.6 Å². The van der Waals surface area contributed by atoms with Gasteiger partial charge in [-0.1, -0.05) is 36.6 Å². The predicted octanol–water partition coefficient (Wildman–Crippen LogP) is 5.75. The Kier molecular flexibility index (Phi) is 5.02. The van der Waals surface area contributed by atoms with E-state index in [1.807, 2.05) is 31.2 Å². The fraction of sp³-hybridized carbons (Fsp3) is 0.444. The molecule has 0 spiro atoms. The molecule has 2 aromatic rings. The molecule has 0 N–H and O–H groups in total. The summed E-state index contributed by atoms with van der Waals surface area (Å²) in [6.07, 6.45) is 4.59.